The molecule has 0 amide bonds. The summed E-state index contributed by atoms with van der Waals surface area (Å²) in [5.41, 5.74) is 7.12. The Balaban J connectivity index is 2.17. The summed E-state index contributed by atoms with van der Waals surface area (Å²) in [5.74, 6) is 0.766. The summed E-state index contributed by atoms with van der Waals surface area (Å²) in [6.45, 7) is 11.8. The first kappa shape index (κ1) is 15.3. The number of hydrogen-bond donors (Lipinski definition) is 1. The molecule has 2 fully saturated rings. The smallest absolute Gasteiger partial charge is 0.0335 e. The van der Waals surface area contributed by atoms with Gasteiger partial charge in [-0.15, -0.1) is 0 Å². The van der Waals surface area contributed by atoms with Gasteiger partial charge in [-0.25, -0.2) is 0 Å². The van der Waals surface area contributed by atoms with Gasteiger partial charge < -0.3 is 5.73 Å². The zero-order valence-electron chi connectivity index (χ0n) is 13.5. The van der Waals surface area contributed by atoms with Gasteiger partial charge in [0, 0.05) is 18.1 Å². The van der Waals surface area contributed by atoms with Crippen molar-refractivity contribution in [2.45, 2.75) is 84.2 Å². The summed E-state index contributed by atoms with van der Waals surface area (Å²) in [4.78, 5) is 2.82. The van der Waals surface area contributed by atoms with Gasteiger partial charge in [0.25, 0.3) is 0 Å². The van der Waals surface area contributed by atoms with Crippen LogP contribution >= 0.6 is 0 Å². The van der Waals surface area contributed by atoms with E-state index in [1.807, 2.05) is 0 Å². The Morgan fingerprint density at radius 3 is 2.47 bits per heavy atom. The van der Waals surface area contributed by atoms with Gasteiger partial charge in [0.1, 0.15) is 0 Å². The summed E-state index contributed by atoms with van der Waals surface area (Å²) < 4.78 is 0. The van der Waals surface area contributed by atoms with Gasteiger partial charge >= 0.3 is 0 Å². The molecule has 1 saturated carbocycles. The lowest BCUT2D eigenvalue weighted by atomic mass is 9.82. The average molecular weight is 266 g/mol. The van der Waals surface area contributed by atoms with E-state index < -0.39 is 0 Å². The van der Waals surface area contributed by atoms with Crippen molar-refractivity contribution in [1.29, 1.82) is 0 Å². The van der Waals surface area contributed by atoms with Gasteiger partial charge in [-0.3, -0.25) is 4.90 Å². The minimum atomic E-state index is 0.305. The maximum atomic E-state index is 6.30. The average Bonchev–Trinajstić information content (AvgIpc) is 2.78. The summed E-state index contributed by atoms with van der Waals surface area (Å²) in [6, 6.07) is 0.768. The molecule has 19 heavy (non-hydrogen) atoms. The quantitative estimate of drug-likeness (QED) is 0.787. The Bertz CT molecular complexity index is 298. The molecule has 0 bridgehead atoms. The van der Waals surface area contributed by atoms with E-state index >= 15 is 0 Å². The second-order valence-electron chi connectivity index (χ2n) is 8.09. The molecule has 0 aromatic heterocycles. The third kappa shape index (κ3) is 3.16. The van der Waals surface area contributed by atoms with E-state index in [1.165, 1.54) is 51.5 Å². The van der Waals surface area contributed by atoms with Gasteiger partial charge in [-0.05, 0) is 56.4 Å². The third-order valence-electron chi connectivity index (χ3n) is 5.82. The molecule has 2 unspecified atom stereocenters. The first-order valence-corrected chi connectivity index (χ1v) is 8.37. The molecule has 1 aliphatic carbocycles. The van der Waals surface area contributed by atoms with Crippen molar-refractivity contribution in [3.05, 3.63) is 0 Å². The molecule has 1 saturated heterocycles. The largest absolute Gasteiger partial charge is 0.329 e. The topological polar surface area (TPSA) is 29.3 Å². The highest BCUT2D eigenvalue weighted by Gasteiger charge is 2.44. The Labute approximate surface area is 120 Å². The minimum Gasteiger partial charge on any atom is -0.329 e. The van der Waals surface area contributed by atoms with Crippen LogP contribution in [0.25, 0.3) is 0 Å². The van der Waals surface area contributed by atoms with E-state index in [1.54, 1.807) is 0 Å². The maximum absolute atomic E-state index is 6.30. The van der Waals surface area contributed by atoms with E-state index in [4.69, 9.17) is 5.73 Å². The molecule has 0 spiro atoms. The molecule has 2 atom stereocenters. The van der Waals surface area contributed by atoms with E-state index in [9.17, 15) is 0 Å². The van der Waals surface area contributed by atoms with Gasteiger partial charge in [0.2, 0.25) is 0 Å². The van der Waals surface area contributed by atoms with E-state index in [0.717, 1.165) is 18.5 Å². The lowest BCUT2D eigenvalue weighted by Crippen LogP contribution is -2.56. The fourth-order valence-electron chi connectivity index (χ4n) is 4.40. The number of nitrogens with zero attached hydrogens (tertiary/aromatic N) is 1. The van der Waals surface area contributed by atoms with Crippen molar-refractivity contribution >= 4 is 0 Å². The standard InChI is InChI=1S/C17H34N2/c1-14(2)15-7-5-12-19(15)17(13-18)9-6-8-16(3,4)10-11-17/h14-15H,5-13,18H2,1-4H3. The fraction of sp³-hybridized carbons (Fsp3) is 1.00. The lowest BCUT2D eigenvalue weighted by Gasteiger charge is -2.46. The molecule has 0 aromatic rings. The second kappa shape index (κ2) is 5.73. The third-order valence-corrected chi connectivity index (χ3v) is 5.82. The highest BCUT2D eigenvalue weighted by molar-refractivity contribution is 5.00. The van der Waals surface area contributed by atoms with E-state index in [-0.39, 0.29) is 0 Å². The zero-order valence-corrected chi connectivity index (χ0v) is 13.5. The second-order valence-corrected chi connectivity index (χ2v) is 8.09. The van der Waals surface area contributed by atoms with Crippen molar-refractivity contribution in [2.24, 2.45) is 17.1 Å². The van der Waals surface area contributed by atoms with Gasteiger partial charge in [-0.1, -0.05) is 34.1 Å². The Kier molecular flexibility index (Phi) is 4.62. The fourth-order valence-corrected chi connectivity index (χ4v) is 4.40. The Morgan fingerprint density at radius 2 is 1.84 bits per heavy atom. The zero-order chi connectivity index (χ0) is 14.1. The van der Waals surface area contributed by atoms with Gasteiger partial charge in [0.15, 0.2) is 0 Å². The number of nitrogens with two attached hydrogens (primary N) is 1. The molecule has 0 aromatic carbocycles. The molecule has 2 rings (SSSR count). The first-order chi connectivity index (χ1) is 8.90. The van der Waals surface area contributed by atoms with Crippen LogP contribution in [-0.4, -0.2) is 29.6 Å². The summed E-state index contributed by atoms with van der Waals surface area (Å²) >= 11 is 0. The molecular weight excluding hydrogens is 232 g/mol. The van der Waals surface area contributed by atoms with Crippen LogP contribution < -0.4 is 5.73 Å². The van der Waals surface area contributed by atoms with Crippen LogP contribution in [-0.2, 0) is 0 Å². The monoisotopic (exact) mass is 266 g/mol. The van der Waals surface area contributed by atoms with Crippen molar-refractivity contribution in [2.75, 3.05) is 13.1 Å². The Hall–Kier alpha value is -0.0800. The summed E-state index contributed by atoms with van der Waals surface area (Å²) in [6.07, 6.45) is 9.43. The predicted octanol–water partition coefficient (Wildman–Crippen LogP) is 3.79. The SMILES string of the molecule is CC(C)C1CCCN1C1(CN)CCCC(C)(C)CC1. The number of hydrogen-bond acceptors (Lipinski definition) is 2. The molecule has 112 valence electrons. The minimum absolute atomic E-state index is 0.305. The van der Waals surface area contributed by atoms with Crippen LogP contribution in [0.5, 0.6) is 0 Å². The van der Waals surface area contributed by atoms with Crippen molar-refractivity contribution in [3.63, 3.8) is 0 Å². The Morgan fingerprint density at radius 1 is 1.11 bits per heavy atom. The van der Waals surface area contributed by atoms with Crippen LogP contribution in [0.3, 0.4) is 0 Å². The molecule has 2 aliphatic rings. The molecule has 1 heterocycles. The molecule has 2 heteroatoms. The highest BCUT2D eigenvalue weighted by Crippen LogP contribution is 2.43. The van der Waals surface area contributed by atoms with Crippen LogP contribution in [0.2, 0.25) is 0 Å². The van der Waals surface area contributed by atoms with Crippen LogP contribution in [0, 0.1) is 11.3 Å². The van der Waals surface area contributed by atoms with E-state index in [0.29, 0.717) is 11.0 Å². The number of likely N-dealkylation sites (tertiary alicyclic amines) is 1. The number of rotatable bonds is 3. The van der Waals surface area contributed by atoms with Gasteiger partial charge in [0.05, 0.1) is 0 Å². The van der Waals surface area contributed by atoms with Crippen LogP contribution in [0.4, 0.5) is 0 Å². The van der Waals surface area contributed by atoms with Crippen molar-refractivity contribution < 1.29 is 0 Å². The first-order valence-electron chi connectivity index (χ1n) is 8.37. The molecular formula is C17H34N2. The normalized spacial score (nSPS) is 36.6. The van der Waals surface area contributed by atoms with Crippen LogP contribution in [0.15, 0.2) is 0 Å². The van der Waals surface area contributed by atoms with Crippen LogP contribution in [0.1, 0.15) is 72.6 Å². The van der Waals surface area contributed by atoms with Crippen molar-refractivity contribution in [1.82, 2.24) is 4.90 Å². The molecule has 2 N–H and O–H groups in total. The molecule has 1 aliphatic heterocycles. The van der Waals surface area contributed by atoms with Crippen molar-refractivity contribution in [3.8, 4) is 0 Å². The summed E-state index contributed by atoms with van der Waals surface area (Å²) in [7, 11) is 0. The maximum Gasteiger partial charge on any atom is 0.0335 e. The molecule has 0 radical (unpaired) electrons. The summed E-state index contributed by atoms with van der Waals surface area (Å²) in [5, 5.41) is 0. The van der Waals surface area contributed by atoms with E-state index in [2.05, 4.69) is 32.6 Å². The van der Waals surface area contributed by atoms with Gasteiger partial charge in [-0.2, -0.15) is 0 Å². The predicted molar refractivity (Wildman–Crippen MR) is 83.2 cm³/mol. The molecule has 2 nitrogen and oxygen atoms in total. The lowest BCUT2D eigenvalue weighted by molar-refractivity contribution is 0.0447. The highest BCUT2D eigenvalue weighted by atomic mass is 15.3.